The van der Waals surface area contributed by atoms with Gasteiger partial charge in [0.2, 0.25) is 0 Å². The monoisotopic (exact) mass is 543 g/mol. The lowest BCUT2D eigenvalue weighted by Gasteiger charge is -2.19. The van der Waals surface area contributed by atoms with Crippen molar-refractivity contribution in [1.82, 2.24) is 4.98 Å². The minimum Gasteiger partial charge on any atom is -0.246 e. The van der Waals surface area contributed by atoms with Gasteiger partial charge < -0.3 is 0 Å². The molecule has 0 saturated carbocycles. The van der Waals surface area contributed by atoms with Crippen molar-refractivity contribution < 1.29 is 0 Å². The molecule has 1 heterocycles. The number of hydrogen-bond donors (Lipinski definition) is 0. The lowest BCUT2D eigenvalue weighted by Crippen LogP contribution is -1.97. The molecule has 182 valence electrons. The maximum atomic E-state index is 5.43. The number of nitrogens with zero attached hydrogens (tertiary/aromatic N) is 1. The second kappa shape index (κ2) is 8.82. The van der Waals surface area contributed by atoms with Gasteiger partial charge in [0.15, 0.2) is 0 Å². The van der Waals surface area contributed by atoms with E-state index < -0.39 is 0 Å². The maximum absolute atomic E-state index is 5.43. The van der Waals surface area contributed by atoms with E-state index in [0.717, 1.165) is 21.2 Å². The fourth-order valence-corrected chi connectivity index (χ4v) is 5.96. The third-order valence-corrected chi connectivity index (χ3v) is 8.81. The summed E-state index contributed by atoms with van der Waals surface area (Å²) in [7, 11) is 0. The molecule has 0 radical (unpaired) electrons. The van der Waals surface area contributed by atoms with Crippen LogP contribution in [0.3, 0.4) is 0 Å². The van der Waals surface area contributed by atoms with E-state index in [2.05, 4.69) is 130 Å². The molecule has 1 aromatic heterocycles. The fourth-order valence-electron chi connectivity index (χ4n) is 5.70. The highest BCUT2D eigenvalue weighted by atomic mass is 79.9. The molecule has 0 aliphatic carbocycles. The number of halogens is 1. The van der Waals surface area contributed by atoms with Gasteiger partial charge in [-0.15, -0.1) is 0 Å². The Kier molecular flexibility index (Phi) is 5.69. The summed E-state index contributed by atoms with van der Waals surface area (Å²) >= 11 is 3.60. The molecule has 0 unspecified atom stereocenters. The molecule has 0 atom stereocenters. The molecule has 0 spiro atoms. The normalized spacial score (nSPS) is 11.6. The lowest BCUT2D eigenvalue weighted by atomic mass is 9.87. The second-order valence-corrected chi connectivity index (χ2v) is 11.3. The Bertz CT molecular complexity index is 1850. The van der Waals surface area contributed by atoms with Crippen molar-refractivity contribution in [1.29, 1.82) is 0 Å². The molecule has 0 fully saturated rings. The quantitative estimate of drug-likeness (QED) is 0.198. The zero-order valence-electron chi connectivity index (χ0n) is 22.3. The number of benzene rings is 5. The number of fused-ring (bicyclic) bond motifs is 5. The van der Waals surface area contributed by atoms with Crippen LogP contribution in [0.4, 0.5) is 0 Å². The van der Waals surface area contributed by atoms with Gasteiger partial charge in [0.1, 0.15) is 0 Å². The van der Waals surface area contributed by atoms with Gasteiger partial charge in [-0.25, -0.2) is 4.98 Å². The molecule has 0 bridgehead atoms. The van der Waals surface area contributed by atoms with Crippen molar-refractivity contribution in [2.45, 2.75) is 41.5 Å². The van der Waals surface area contributed by atoms with E-state index in [1.807, 2.05) is 0 Å². The van der Waals surface area contributed by atoms with Gasteiger partial charge in [-0.05, 0) is 115 Å². The van der Waals surface area contributed by atoms with Crippen LogP contribution >= 0.6 is 15.9 Å². The molecule has 37 heavy (non-hydrogen) atoms. The molecule has 6 rings (SSSR count). The van der Waals surface area contributed by atoms with Crippen molar-refractivity contribution >= 4 is 48.4 Å². The second-order valence-electron chi connectivity index (χ2n) is 10.4. The van der Waals surface area contributed by atoms with Crippen molar-refractivity contribution in [3.8, 4) is 22.4 Å². The van der Waals surface area contributed by atoms with Crippen molar-refractivity contribution in [3.05, 3.63) is 111 Å². The highest BCUT2D eigenvalue weighted by Gasteiger charge is 2.19. The Hall–Kier alpha value is -3.49. The molecular formula is C35H30BrN. The molecule has 0 aliphatic heterocycles. The number of aryl methyl sites for hydroxylation is 4. The van der Waals surface area contributed by atoms with Crippen LogP contribution in [0.2, 0.25) is 0 Å². The standard InChI is InChI=1S/C35H30BrN/c1-19-15-26(16-20(2)22(19)4)30-18-32-31-17-21(3)23(5)24(6)33(31)34(25-11-13-27(36)14-12-25)37-35(32)29-10-8-7-9-28(29)30/h7-18H,1-6H3. The van der Waals surface area contributed by atoms with Gasteiger partial charge in [0.05, 0.1) is 11.2 Å². The molecule has 0 aliphatic rings. The van der Waals surface area contributed by atoms with Gasteiger partial charge in [-0.2, -0.15) is 0 Å². The Morgan fingerprint density at radius 1 is 0.541 bits per heavy atom. The predicted molar refractivity (Wildman–Crippen MR) is 164 cm³/mol. The van der Waals surface area contributed by atoms with Crippen LogP contribution < -0.4 is 0 Å². The first kappa shape index (κ1) is 23.9. The first-order chi connectivity index (χ1) is 17.7. The van der Waals surface area contributed by atoms with Crippen LogP contribution in [0.5, 0.6) is 0 Å². The molecule has 5 aromatic carbocycles. The first-order valence-electron chi connectivity index (χ1n) is 12.8. The third-order valence-electron chi connectivity index (χ3n) is 8.28. The summed E-state index contributed by atoms with van der Waals surface area (Å²) < 4.78 is 1.07. The van der Waals surface area contributed by atoms with Crippen molar-refractivity contribution in [2.75, 3.05) is 0 Å². The summed E-state index contributed by atoms with van der Waals surface area (Å²) in [6.45, 7) is 13.3. The molecule has 2 heteroatoms. The smallest absolute Gasteiger partial charge is 0.0794 e. The molecular weight excluding hydrogens is 514 g/mol. The van der Waals surface area contributed by atoms with E-state index in [4.69, 9.17) is 4.98 Å². The van der Waals surface area contributed by atoms with E-state index in [1.165, 1.54) is 71.4 Å². The number of aromatic nitrogens is 1. The van der Waals surface area contributed by atoms with E-state index in [-0.39, 0.29) is 0 Å². The summed E-state index contributed by atoms with van der Waals surface area (Å²) in [6, 6.07) is 26.7. The zero-order chi connectivity index (χ0) is 26.0. The average molecular weight is 545 g/mol. The Labute approximate surface area is 227 Å². The summed E-state index contributed by atoms with van der Waals surface area (Å²) in [4.78, 5) is 5.43. The number of rotatable bonds is 2. The summed E-state index contributed by atoms with van der Waals surface area (Å²) in [6.07, 6.45) is 0. The van der Waals surface area contributed by atoms with Crippen molar-refractivity contribution in [2.24, 2.45) is 0 Å². The molecule has 0 amide bonds. The summed E-state index contributed by atoms with van der Waals surface area (Å²) in [5, 5.41) is 6.17. The molecule has 0 saturated heterocycles. The maximum Gasteiger partial charge on any atom is 0.0794 e. The zero-order valence-corrected chi connectivity index (χ0v) is 23.8. The lowest BCUT2D eigenvalue weighted by molar-refractivity contribution is 1.27. The minimum absolute atomic E-state index is 1.05. The van der Waals surface area contributed by atoms with Crippen LogP contribution in [0, 0.1) is 41.5 Å². The van der Waals surface area contributed by atoms with Gasteiger partial charge in [-0.1, -0.05) is 70.5 Å². The van der Waals surface area contributed by atoms with Gasteiger partial charge in [-0.3, -0.25) is 0 Å². The summed E-state index contributed by atoms with van der Waals surface area (Å²) in [5.41, 5.74) is 13.8. The van der Waals surface area contributed by atoms with Crippen LogP contribution in [-0.4, -0.2) is 4.98 Å². The molecule has 6 aromatic rings. The number of pyridine rings is 1. The largest absolute Gasteiger partial charge is 0.246 e. The molecule has 0 N–H and O–H groups in total. The first-order valence-corrected chi connectivity index (χ1v) is 13.6. The third kappa shape index (κ3) is 3.78. The number of hydrogen-bond acceptors (Lipinski definition) is 1. The van der Waals surface area contributed by atoms with Crippen LogP contribution in [0.25, 0.3) is 54.8 Å². The molecule has 1 nitrogen and oxygen atoms in total. The minimum atomic E-state index is 1.05. The van der Waals surface area contributed by atoms with Gasteiger partial charge in [0.25, 0.3) is 0 Å². The average Bonchev–Trinajstić information content (AvgIpc) is 2.89. The fraction of sp³-hybridized carbons (Fsp3) is 0.171. The van der Waals surface area contributed by atoms with E-state index in [1.54, 1.807) is 0 Å². The topological polar surface area (TPSA) is 12.9 Å². The SMILES string of the molecule is Cc1cc(-c2cc3c4cc(C)c(C)c(C)c4c(-c4ccc(Br)cc4)nc3c3ccccc23)cc(C)c1C. The van der Waals surface area contributed by atoms with Gasteiger partial charge >= 0.3 is 0 Å². The van der Waals surface area contributed by atoms with Crippen LogP contribution in [0.1, 0.15) is 33.4 Å². The Morgan fingerprint density at radius 3 is 1.84 bits per heavy atom. The Balaban J connectivity index is 1.83. The summed E-state index contributed by atoms with van der Waals surface area (Å²) in [5.74, 6) is 0. The highest BCUT2D eigenvalue weighted by molar-refractivity contribution is 9.10. The highest BCUT2D eigenvalue weighted by Crippen LogP contribution is 2.42. The predicted octanol–water partition coefficient (Wildman–Crippen LogP) is 10.5. The van der Waals surface area contributed by atoms with Crippen LogP contribution in [0.15, 0.2) is 77.3 Å². The van der Waals surface area contributed by atoms with Crippen LogP contribution in [-0.2, 0) is 0 Å². The van der Waals surface area contributed by atoms with Crippen molar-refractivity contribution in [3.63, 3.8) is 0 Å². The van der Waals surface area contributed by atoms with E-state index >= 15 is 0 Å². The Morgan fingerprint density at radius 2 is 1.16 bits per heavy atom. The van der Waals surface area contributed by atoms with E-state index in [0.29, 0.717) is 0 Å². The van der Waals surface area contributed by atoms with E-state index in [9.17, 15) is 0 Å². The van der Waals surface area contributed by atoms with Gasteiger partial charge in [0, 0.05) is 26.2 Å².